The first-order valence-corrected chi connectivity index (χ1v) is 9.77. The van der Waals surface area contributed by atoms with E-state index in [0.717, 1.165) is 22.9 Å². The molecule has 0 aliphatic carbocycles. The smallest absolute Gasteiger partial charge is 0.256 e. The normalized spacial score (nSPS) is 15.4. The number of sulfone groups is 1. The number of nitrogens with zero attached hydrogens (tertiary/aromatic N) is 3. The Balaban J connectivity index is 1.62. The van der Waals surface area contributed by atoms with Gasteiger partial charge in [0, 0.05) is 37.7 Å². The molecule has 1 aliphatic heterocycles. The third-order valence-electron chi connectivity index (χ3n) is 4.40. The van der Waals surface area contributed by atoms with Gasteiger partial charge in [0.15, 0.2) is 0 Å². The summed E-state index contributed by atoms with van der Waals surface area (Å²) in [7, 11) is -3.53. The van der Waals surface area contributed by atoms with Crippen molar-refractivity contribution < 1.29 is 8.42 Å². The highest BCUT2D eigenvalue weighted by Gasteiger charge is 2.24. The van der Waals surface area contributed by atoms with Crippen LogP contribution in [0.15, 0.2) is 34.2 Å². The first kappa shape index (κ1) is 16.0. The quantitative estimate of drug-likeness (QED) is 0.663. The largest absolute Gasteiger partial charge is 0.297 e. The van der Waals surface area contributed by atoms with E-state index in [2.05, 4.69) is 25.1 Å². The topological polar surface area (TPSA) is 112 Å². The Kier molecular flexibility index (Phi) is 3.69. The molecule has 2 N–H and O–H groups in total. The van der Waals surface area contributed by atoms with E-state index in [9.17, 15) is 13.2 Å². The monoisotopic (exact) mass is 359 g/mol. The van der Waals surface area contributed by atoms with Crippen LogP contribution in [-0.2, 0) is 29.3 Å². The maximum Gasteiger partial charge on any atom is 0.256 e. The van der Waals surface area contributed by atoms with Gasteiger partial charge >= 0.3 is 0 Å². The van der Waals surface area contributed by atoms with Crippen LogP contribution in [0.25, 0.3) is 10.9 Å². The Morgan fingerprint density at radius 2 is 2.08 bits per heavy atom. The zero-order valence-corrected chi connectivity index (χ0v) is 14.4. The minimum Gasteiger partial charge on any atom is -0.297 e. The Morgan fingerprint density at radius 1 is 1.28 bits per heavy atom. The number of hydrogen-bond donors (Lipinski definition) is 2. The predicted molar refractivity (Wildman–Crippen MR) is 91.9 cm³/mol. The minimum atomic E-state index is -3.53. The average molecular weight is 359 g/mol. The second-order valence-electron chi connectivity index (χ2n) is 6.25. The molecule has 0 saturated heterocycles. The van der Waals surface area contributed by atoms with Gasteiger partial charge < -0.3 is 0 Å². The van der Waals surface area contributed by atoms with Crippen LogP contribution < -0.4 is 5.56 Å². The van der Waals surface area contributed by atoms with E-state index in [0.29, 0.717) is 37.3 Å². The van der Waals surface area contributed by atoms with Crippen molar-refractivity contribution in [3.63, 3.8) is 0 Å². The summed E-state index contributed by atoms with van der Waals surface area (Å²) in [4.78, 5) is 20.9. The maximum absolute atomic E-state index is 12.3. The fourth-order valence-corrected chi connectivity index (χ4v) is 3.68. The number of fused-ring (bicyclic) bond motifs is 2. The van der Waals surface area contributed by atoms with Crippen molar-refractivity contribution in [2.75, 3.05) is 12.8 Å². The van der Waals surface area contributed by atoms with E-state index in [1.165, 1.54) is 0 Å². The van der Waals surface area contributed by atoms with Gasteiger partial charge in [0.05, 0.1) is 22.5 Å². The number of rotatable bonds is 3. The Hall–Kier alpha value is -2.52. The van der Waals surface area contributed by atoms with Crippen LogP contribution in [0.2, 0.25) is 0 Å². The average Bonchev–Trinajstić information content (AvgIpc) is 2.98. The number of benzene rings is 1. The SMILES string of the molecule is CS(=O)(=O)c1nc2c(c(=O)[nH]1)CN(Cc1[nH]nc3ccccc13)CC2. The van der Waals surface area contributed by atoms with Crippen LogP contribution >= 0.6 is 0 Å². The molecule has 4 rings (SSSR count). The highest BCUT2D eigenvalue weighted by molar-refractivity contribution is 7.90. The van der Waals surface area contributed by atoms with Gasteiger partial charge in [-0.3, -0.25) is 19.8 Å². The second kappa shape index (κ2) is 5.78. The summed E-state index contributed by atoms with van der Waals surface area (Å²) in [6.07, 6.45) is 1.57. The van der Waals surface area contributed by atoms with Gasteiger partial charge in [-0.05, 0) is 6.07 Å². The first-order valence-electron chi connectivity index (χ1n) is 7.88. The summed E-state index contributed by atoms with van der Waals surface area (Å²) in [5, 5.41) is 8.14. The van der Waals surface area contributed by atoms with Gasteiger partial charge in [-0.1, -0.05) is 18.2 Å². The van der Waals surface area contributed by atoms with E-state index in [4.69, 9.17) is 0 Å². The van der Waals surface area contributed by atoms with Crippen LogP contribution in [0.4, 0.5) is 0 Å². The molecule has 0 spiro atoms. The molecule has 130 valence electrons. The van der Waals surface area contributed by atoms with Gasteiger partial charge in [0.1, 0.15) is 0 Å². The number of nitrogens with one attached hydrogen (secondary N) is 2. The van der Waals surface area contributed by atoms with Gasteiger partial charge in [0.2, 0.25) is 15.0 Å². The standard InChI is InChI=1S/C16H17N5O3S/c1-25(23,24)16-17-12-6-7-21(8-11(12)15(22)18-16)9-14-10-4-2-3-5-13(10)19-20-14/h2-5H,6-9H2,1H3,(H,19,20)(H,17,18,22). The Morgan fingerprint density at radius 3 is 2.88 bits per heavy atom. The Bertz CT molecular complexity index is 1120. The lowest BCUT2D eigenvalue weighted by molar-refractivity contribution is 0.239. The van der Waals surface area contributed by atoms with Crippen LogP contribution in [0.1, 0.15) is 17.0 Å². The summed E-state index contributed by atoms with van der Waals surface area (Å²) in [6.45, 7) is 1.75. The number of aromatic nitrogens is 4. The van der Waals surface area contributed by atoms with Gasteiger partial charge in [-0.15, -0.1) is 0 Å². The fraction of sp³-hybridized carbons (Fsp3) is 0.312. The first-order chi connectivity index (χ1) is 11.9. The molecule has 0 unspecified atom stereocenters. The Labute approximate surface area is 143 Å². The van der Waals surface area contributed by atoms with Crippen LogP contribution in [0.3, 0.4) is 0 Å². The molecule has 3 heterocycles. The van der Waals surface area contributed by atoms with Crippen molar-refractivity contribution in [1.29, 1.82) is 0 Å². The predicted octanol–water partition coefficient (Wildman–Crippen LogP) is 0.608. The molecule has 2 aromatic heterocycles. The number of hydrogen-bond acceptors (Lipinski definition) is 6. The van der Waals surface area contributed by atoms with E-state index < -0.39 is 9.84 Å². The molecular formula is C16H17N5O3S. The third-order valence-corrected chi connectivity index (χ3v) is 5.30. The number of aromatic amines is 2. The van der Waals surface area contributed by atoms with Crippen LogP contribution in [-0.4, -0.2) is 46.3 Å². The van der Waals surface area contributed by atoms with Crippen LogP contribution in [0.5, 0.6) is 0 Å². The van der Waals surface area contributed by atoms with E-state index in [1.54, 1.807) is 0 Å². The number of H-pyrrole nitrogens is 2. The second-order valence-corrected chi connectivity index (χ2v) is 8.18. The van der Waals surface area contributed by atoms with Crippen molar-refractivity contribution in [2.24, 2.45) is 0 Å². The lowest BCUT2D eigenvalue weighted by Gasteiger charge is -2.27. The molecular weight excluding hydrogens is 342 g/mol. The van der Waals surface area contributed by atoms with E-state index >= 15 is 0 Å². The van der Waals surface area contributed by atoms with E-state index in [1.807, 2.05) is 24.3 Å². The highest BCUT2D eigenvalue weighted by atomic mass is 32.2. The molecule has 1 aliphatic rings. The minimum absolute atomic E-state index is 0.260. The molecule has 0 saturated carbocycles. The van der Waals surface area contributed by atoms with E-state index in [-0.39, 0.29) is 10.7 Å². The number of para-hydroxylation sites is 1. The molecule has 1 aromatic carbocycles. The van der Waals surface area contributed by atoms with Crippen molar-refractivity contribution in [3.05, 3.63) is 51.6 Å². The van der Waals surface area contributed by atoms with Gasteiger partial charge in [-0.2, -0.15) is 5.10 Å². The lowest BCUT2D eigenvalue weighted by atomic mass is 10.1. The molecule has 0 atom stereocenters. The molecule has 9 heteroatoms. The molecule has 0 amide bonds. The van der Waals surface area contributed by atoms with Crippen molar-refractivity contribution in [1.82, 2.24) is 25.1 Å². The summed E-state index contributed by atoms with van der Waals surface area (Å²) >= 11 is 0. The van der Waals surface area contributed by atoms with Crippen molar-refractivity contribution in [2.45, 2.75) is 24.7 Å². The lowest BCUT2D eigenvalue weighted by Crippen LogP contribution is -2.36. The van der Waals surface area contributed by atoms with Gasteiger partial charge in [0.25, 0.3) is 5.56 Å². The van der Waals surface area contributed by atoms with Gasteiger partial charge in [-0.25, -0.2) is 13.4 Å². The zero-order valence-electron chi connectivity index (χ0n) is 13.6. The third kappa shape index (κ3) is 2.96. The summed E-state index contributed by atoms with van der Waals surface area (Å²) in [5.41, 5.74) is 2.62. The van der Waals surface area contributed by atoms with Crippen molar-refractivity contribution >= 4 is 20.7 Å². The summed E-state index contributed by atoms with van der Waals surface area (Å²) < 4.78 is 23.2. The fourth-order valence-electron chi connectivity index (χ4n) is 3.13. The molecule has 0 bridgehead atoms. The molecule has 3 aromatic rings. The molecule has 25 heavy (non-hydrogen) atoms. The summed E-state index contributed by atoms with van der Waals surface area (Å²) in [5.74, 6) is 0. The molecule has 0 fully saturated rings. The zero-order chi connectivity index (χ0) is 17.6. The van der Waals surface area contributed by atoms with Crippen LogP contribution in [0, 0.1) is 0 Å². The summed E-state index contributed by atoms with van der Waals surface area (Å²) in [6, 6.07) is 7.86. The van der Waals surface area contributed by atoms with Crippen molar-refractivity contribution in [3.8, 4) is 0 Å². The highest BCUT2D eigenvalue weighted by Crippen LogP contribution is 2.20. The molecule has 0 radical (unpaired) electrons. The maximum atomic E-state index is 12.3. The molecule has 8 nitrogen and oxygen atoms in total.